The minimum absolute atomic E-state index is 0. The molecule has 1 atom stereocenters. The Balaban J connectivity index is 0.00000288. The van der Waals surface area contributed by atoms with E-state index in [-0.39, 0.29) is 12.4 Å². The average Bonchev–Trinajstić information content (AvgIpc) is 2.52. The van der Waals surface area contributed by atoms with Crippen molar-refractivity contribution in [3.63, 3.8) is 0 Å². The van der Waals surface area contributed by atoms with Crippen molar-refractivity contribution in [1.29, 1.82) is 0 Å². The molecule has 0 aliphatic carbocycles. The lowest BCUT2D eigenvalue weighted by molar-refractivity contribution is -0.137. The van der Waals surface area contributed by atoms with E-state index in [1.165, 1.54) is 12.1 Å². The molecule has 0 aliphatic heterocycles. The fraction of sp³-hybridized carbons (Fsp3) is 0.250. The highest BCUT2D eigenvalue weighted by Crippen LogP contribution is 2.30. The van der Waals surface area contributed by atoms with E-state index in [4.69, 9.17) is 5.73 Å². The molecule has 130 valence electrons. The van der Waals surface area contributed by atoms with Gasteiger partial charge in [-0.1, -0.05) is 12.1 Å². The van der Waals surface area contributed by atoms with Gasteiger partial charge in [-0.25, -0.2) is 0 Å². The van der Waals surface area contributed by atoms with Crippen molar-refractivity contribution in [3.05, 3.63) is 53.9 Å². The molecule has 3 N–H and O–H groups in total. The molecule has 0 radical (unpaired) electrons. The molecule has 2 aromatic rings. The van der Waals surface area contributed by atoms with Gasteiger partial charge < -0.3 is 11.1 Å². The number of halogens is 4. The summed E-state index contributed by atoms with van der Waals surface area (Å²) in [5.41, 5.74) is 6.54. The van der Waals surface area contributed by atoms with E-state index in [2.05, 4.69) is 10.3 Å². The van der Waals surface area contributed by atoms with Crippen molar-refractivity contribution in [2.24, 2.45) is 5.73 Å². The van der Waals surface area contributed by atoms with Crippen LogP contribution in [0.5, 0.6) is 0 Å². The topological polar surface area (TPSA) is 68.0 Å². The molecule has 1 amide bonds. The number of rotatable bonds is 5. The second kappa shape index (κ2) is 8.12. The van der Waals surface area contributed by atoms with Crippen LogP contribution in [-0.4, -0.2) is 16.9 Å². The summed E-state index contributed by atoms with van der Waals surface area (Å²) in [6, 6.07) is 7.90. The quantitative estimate of drug-likeness (QED) is 0.861. The number of aromatic nitrogens is 1. The van der Waals surface area contributed by atoms with Crippen molar-refractivity contribution in [1.82, 2.24) is 10.3 Å². The maximum Gasteiger partial charge on any atom is 0.416 e. The molecule has 4 nitrogen and oxygen atoms in total. The number of nitrogens with zero attached hydrogens (tertiary/aromatic N) is 1. The number of carbonyl (C=O) groups is 1. The predicted molar refractivity (Wildman–Crippen MR) is 87.4 cm³/mol. The molecular weight excluding hydrogens is 343 g/mol. The van der Waals surface area contributed by atoms with Gasteiger partial charge in [-0.3, -0.25) is 9.78 Å². The molecule has 0 fully saturated rings. The molecule has 1 aromatic heterocycles. The van der Waals surface area contributed by atoms with Gasteiger partial charge in [-0.2, -0.15) is 13.2 Å². The van der Waals surface area contributed by atoms with Crippen LogP contribution in [0.3, 0.4) is 0 Å². The summed E-state index contributed by atoms with van der Waals surface area (Å²) in [6.07, 6.45) is -2.78. The largest absolute Gasteiger partial charge is 0.416 e. The number of benzene rings is 1. The van der Waals surface area contributed by atoms with E-state index >= 15 is 0 Å². The van der Waals surface area contributed by atoms with Gasteiger partial charge in [0.1, 0.15) is 0 Å². The minimum atomic E-state index is -4.35. The van der Waals surface area contributed by atoms with Crippen LogP contribution in [-0.2, 0) is 17.5 Å². The maximum atomic E-state index is 12.6. The van der Waals surface area contributed by atoms with Crippen molar-refractivity contribution in [2.45, 2.75) is 25.7 Å². The first-order valence-corrected chi connectivity index (χ1v) is 6.92. The molecule has 0 saturated heterocycles. The molecule has 1 aromatic carbocycles. The Morgan fingerprint density at radius 2 is 1.83 bits per heavy atom. The number of carbonyl (C=O) groups excluding carboxylic acids is 1. The fourth-order valence-electron chi connectivity index (χ4n) is 1.96. The standard InChI is InChI=1S/C16H16F3N3O.ClH/c1-10(15(20)23)22-9-14-8-12(6-7-21-14)11-2-4-13(5-3-11)16(17,18)19;/h2-8,10,22H,9H2,1H3,(H2,20,23);1H/t10-;/m1./s1. The zero-order valence-corrected chi connectivity index (χ0v) is 13.6. The van der Waals surface area contributed by atoms with Crippen LogP contribution >= 0.6 is 12.4 Å². The summed E-state index contributed by atoms with van der Waals surface area (Å²) >= 11 is 0. The highest BCUT2D eigenvalue weighted by Gasteiger charge is 2.29. The van der Waals surface area contributed by atoms with Crippen LogP contribution in [0.15, 0.2) is 42.6 Å². The highest BCUT2D eigenvalue weighted by molar-refractivity contribution is 5.85. The maximum absolute atomic E-state index is 12.6. The Morgan fingerprint density at radius 3 is 2.38 bits per heavy atom. The Bertz CT molecular complexity index is 690. The lowest BCUT2D eigenvalue weighted by Crippen LogP contribution is -2.38. The van der Waals surface area contributed by atoms with E-state index in [0.717, 1.165) is 17.7 Å². The van der Waals surface area contributed by atoms with Gasteiger partial charge >= 0.3 is 6.18 Å². The van der Waals surface area contributed by atoms with Gasteiger partial charge in [0.15, 0.2) is 0 Å². The third kappa shape index (κ3) is 5.21. The number of nitrogens with two attached hydrogens (primary N) is 1. The number of nitrogens with one attached hydrogen (secondary N) is 1. The third-order valence-corrected chi connectivity index (χ3v) is 3.38. The first-order chi connectivity index (χ1) is 10.8. The molecule has 24 heavy (non-hydrogen) atoms. The smallest absolute Gasteiger partial charge is 0.368 e. The number of amides is 1. The van der Waals surface area contributed by atoms with Crippen LogP contribution in [0, 0.1) is 0 Å². The second-order valence-electron chi connectivity index (χ2n) is 5.12. The molecule has 0 spiro atoms. The Kier molecular flexibility index (Phi) is 6.74. The predicted octanol–water partition coefficient (Wildman–Crippen LogP) is 3.15. The molecular formula is C16H17ClF3N3O. The van der Waals surface area contributed by atoms with E-state index in [0.29, 0.717) is 17.8 Å². The van der Waals surface area contributed by atoms with E-state index < -0.39 is 23.7 Å². The molecule has 0 bridgehead atoms. The summed E-state index contributed by atoms with van der Waals surface area (Å²) in [5, 5.41) is 2.92. The highest BCUT2D eigenvalue weighted by atomic mass is 35.5. The van der Waals surface area contributed by atoms with Crippen LogP contribution < -0.4 is 11.1 Å². The van der Waals surface area contributed by atoms with Crippen molar-refractivity contribution < 1.29 is 18.0 Å². The van der Waals surface area contributed by atoms with Gasteiger partial charge in [-0.05, 0) is 42.3 Å². The summed E-state index contributed by atoms with van der Waals surface area (Å²) in [7, 11) is 0. The van der Waals surface area contributed by atoms with Crippen molar-refractivity contribution >= 4 is 18.3 Å². The average molecular weight is 360 g/mol. The third-order valence-electron chi connectivity index (χ3n) is 3.38. The van der Waals surface area contributed by atoms with Gasteiger partial charge in [0, 0.05) is 12.7 Å². The zero-order valence-electron chi connectivity index (χ0n) is 12.8. The van der Waals surface area contributed by atoms with E-state index in [1.54, 1.807) is 25.3 Å². The minimum Gasteiger partial charge on any atom is -0.368 e. The number of alkyl halides is 3. The van der Waals surface area contributed by atoms with Gasteiger partial charge in [0.25, 0.3) is 0 Å². The summed E-state index contributed by atoms with van der Waals surface area (Å²) < 4.78 is 37.7. The lowest BCUT2D eigenvalue weighted by Gasteiger charge is -2.11. The lowest BCUT2D eigenvalue weighted by atomic mass is 10.0. The Hall–Kier alpha value is -2.12. The first kappa shape index (κ1) is 19.9. The van der Waals surface area contributed by atoms with E-state index in [1.807, 2.05) is 0 Å². The zero-order chi connectivity index (χ0) is 17.0. The number of primary amides is 1. The van der Waals surface area contributed by atoms with Gasteiger partial charge in [-0.15, -0.1) is 12.4 Å². The van der Waals surface area contributed by atoms with Gasteiger partial charge in [0.05, 0.1) is 17.3 Å². The van der Waals surface area contributed by atoms with Crippen LogP contribution in [0.1, 0.15) is 18.2 Å². The fourth-order valence-corrected chi connectivity index (χ4v) is 1.96. The molecule has 0 unspecified atom stereocenters. The number of pyridine rings is 1. The summed E-state index contributed by atoms with van der Waals surface area (Å²) in [4.78, 5) is 15.1. The molecule has 0 saturated carbocycles. The van der Waals surface area contributed by atoms with Crippen LogP contribution in [0.4, 0.5) is 13.2 Å². The first-order valence-electron chi connectivity index (χ1n) is 6.92. The number of hydrogen-bond acceptors (Lipinski definition) is 3. The molecule has 1 heterocycles. The van der Waals surface area contributed by atoms with Crippen LogP contribution in [0.25, 0.3) is 11.1 Å². The second-order valence-corrected chi connectivity index (χ2v) is 5.12. The van der Waals surface area contributed by atoms with Crippen LogP contribution in [0.2, 0.25) is 0 Å². The van der Waals surface area contributed by atoms with Crippen molar-refractivity contribution in [3.8, 4) is 11.1 Å². The monoisotopic (exact) mass is 359 g/mol. The SMILES string of the molecule is C[C@@H](NCc1cc(-c2ccc(C(F)(F)F)cc2)ccn1)C(N)=O.Cl. The Morgan fingerprint density at radius 1 is 1.21 bits per heavy atom. The Labute approximate surface area is 143 Å². The molecule has 0 aliphatic rings. The summed E-state index contributed by atoms with van der Waals surface area (Å²) in [5.74, 6) is -0.469. The normalized spacial score (nSPS) is 12.3. The number of hydrogen-bond donors (Lipinski definition) is 2. The molecule has 8 heteroatoms. The van der Waals surface area contributed by atoms with Gasteiger partial charge in [0.2, 0.25) is 5.91 Å². The molecule has 2 rings (SSSR count). The van der Waals surface area contributed by atoms with E-state index in [9.17, 15) is 18.0 Å². The van der Waals surface area contributed by atoms with Crippen molar-refractivity contribution in [2.75, 3.05) is 0 Å². The summed E-state index contributed by atoms with van der Waals surface area (Å²) in [6.45, 7) is 1.97.